The highest BCUT2D eigenvalue weighted by atomic mass is 15.3. The fourth-order valence-electron chi connectivity index (χ4n) is 3.94. The maximum absolute atomic E-state index is 4.68. The van der Waals surface area contributed by atoms with Gasteiger partial charge in [-0.3, -0.25) is 4.90 Å². The molecule has 2 saturated heterocycles. The first-order chi connectivity index (χ1) is 13.9. The van der Waals surface area contributed by atoms with Gasteiger partial charge in [-0.2, -0.15) is 0 Å². The van der Waals surface area contributed by atoms with E-state index < -0.39 is 0 Å². The van der Waals surface area contributed by atoms with Crippen molar-refractivity contribution in [3.63, 3.8) is 0 Å². The Morgan fingerprint density at radius 1 is 0.821 bits per heavy atom. The van der Waals surface area contributed by atoms with Gasteiger partial charge in [0.05, 0.1) is 0 Å². The van der Waals surface area contributed by atoms with Crippen molar-refractivity contribution in [3.05, 3.63) is 42.4 Å². The molecule has 0 unspecified atom stereocenters. The molecule has 0 aromatic carbocycles. The summed E-state index contributed by atoms with van der Waals surface area (Å²) in [7, 11) is 0. The van der Waals surface area contributed by atoms with E-state index in [1.807, 2.05) is 18.5 Å². The lowest BCUT2D eigenvalue weighted by molar-refractivity contribution is 0.252. The third-order valence-electron chi connectivity index (χ3n) is 5.65. The monoisotopic (exact) mass is 381 g/mol. The molecule has 0 aliphatic carbocycles. The average Bonchev–Trinajstić information content (AvgIpc) is 2.79. The number of nitrogens with zero attached hydrogens (tertiary/aromatic N) is 6. The average molecular weight is 382 g/mol. The molecule has 7 nitrogen and oxygen atoms in total. The Balaban J connectivity index is 1.13. The summed E-state index contributed by atoms with van der Waals surface area (Å²) >= 11 is 0. The summed E-state index contributed by atoms with van der Waals surface area (Å²) in [5, 5.41) is 3.39. The smallest absolute Gasteiger partial charge is 0.225 e. The molecule has 1 N–H and O–H groups in total. The lowest BCUT2D eigenvalue weighted by Gasteiger charge is -2.34. The van der Waals surface area contributed by atoms with Crippen molar-refractivity contribution in [1.29, 1.82) is 0 Å². The van der Waals surface area contributed by atoms with E-state index in [1.54, 1.807) is 0 Å². The van der Waals surface area contributed by atoms with Gasteiger partial charge < -0.3 is 15.1 Å². The molecule has 4 heterocycles. The predicted octanol–water partition coefficient (Wildman–Crippen LogP) is 1.43. The molecule has 150 valence electrons. The summed E-state index contributed by atoms with van der Waals surface area (Å²) in [6.45, 7) is 9.61. The van der Waals surface area contributed by atoms with Crippen LogP contribution in [0.2, 0.25) is 0 Å². The van der Waals surface area contributed by atoms with Gasteiger partial charge in [0, 0.05) is 70.9 Å². The molecule has 2 aromatic rings. The Bertz CT molecular complexity index is 692. The van der Waals surface area contributed by atoms with E-state index in [9.17, 15) is 0 Å². The zero-order valence-electron chi connectivity index (χ0n) is 16.6. The summed E-state index contributed by atoms with van der Waals surface area (Å²) in [4.78, 5) is 20.6. The van der Waals surface area contributed by atoms with Crippen LogP contribution >= 0.6 is 0 Å². The molecular formula is C21H31N7. The van der Waals surface area contributed by atoms with Crippen LogP contribution in [0, 0.1) is 0 Å². The molecular weight excluding hydrogens is 350 g/mol. The molecule has 2 fully saturated rings. The van der Waals surface area contributed by atoms with Crippen molar-refractivity contribution in [2.75, 3.05) is 68.7 Å². The minimum absolute atomic E-state index is 0.860. The van der Waals surface area contributed by atoms with Gasteiger partial charge in [-0.1, -0.05) is 6.07 Å². The second-order valence-corrected chi connectivity index (χ2v) is 7.60. The Morgan fingerprint density at radius 2 is 1.61 bits per heavy atom. The van der Waals surface area contributed by atoms with E-state index >= 15 is 0 Å². The van der Waals surface area contributed by atoms with E-state index in [0.717, 1.165) is 70.5 Å². The van der Waals surface area contributed by atoms with Gasteiger partial charge in [-0.25, -0.2) is 15.0 Å². The van der Waals surface area contributed by atoms with Crippen LogP contribution in [0.15, 0.2) is 36.8 Å². The van der Waals surface area contributed by atoms with Gasteiger partial charge in [-0.15, -0.1) is 0 Å². The van der Waals surface area contributed by atoms with Crippen molar-refractivity contribution in [2.45, 2.75) is 19.3 Å². The number of hydrogen-bond donors (Lipinski definition) is 1. The number of pyridine rings is 1. The Labute approximate surface area is 167 Å². The molecule has 0 bridgehead atoms. The number of aromatic nitrogens is 3. The molecule has 0 amide bonds. The van der Waals surface area contributed by atoms with Crippen molar-refractivity contribution >= 4 is 11.8 Å². The van der Waals surface area contributed by atoms with Gasteiger partial charge in [-0.05, 0) is 43.5 Å². The number of anilines is 2. The van der Waals surface area contributed by atoms with E-state index in [2.05, 4.69) is 53.3 Å². The van der Waals surface area contributed by atoms with Crippen molar-refractivity contribution in [2.24, 2.45) is 0 Å². The van der Waals surface area contributed by atoms with E-state index in [0.29, 0.717) is 0 Å². The van der Waals surface area contributed by atoms with Gasteiger partial charge in [0.15, 0.2) is 0 Å². The van der Waals surface area contributed by atoms with Gasteiger partial charge >= 0.3 is 0 Å². The molecule has 0 atom stereocenters. The van der Waals surface area contributed by atoms with Crippen molar-refractivity contribution < 1.29 is 0 Å². The minimum Gasteiger partial charge on any atom is -0.354 e. The quantitative estimate of drug-likeness (QED) is 0.728. The molecule has 2 aliphatic heterocycles. The van der Waals surface area contributed by atoms with Gasteiger partial charge in [0.1, 0.15) is 5.82 Å². The number of nitrogens with one attached hydrogen (secondary N) is 1. The summed E-state index contributed by atoms with van der Waals surface area (Å²) < 4.78 is 0. The first-order valence-electron chi connectivity index (χ1n) is 10.5. The highest BCUT2D eigenvalue weighted by Crippen LogP contribution is 2.14. The number of piperazine rings is 2. The first-order valence-corrected chi connectivity index (χ1v) is 10.5. The van der Waals surface area contributed by atoms with E-state index in [-0.39, 0.29) is 0 Å². The normalized spacial score (nSPS) is 18.4. The number of hydrogen-bond acceptors (Lipinski definition) is 7. The van der Waals surface area contributed by atoms with Crippen LogP contribution in [0.5, 0.6) is 0 Å². The predicted molar refractivity (Wildman–Crippen MR) is 113 cm³/mol. The number of rotatable bonds is 7. The molecule has 4 rings (SSSR count). The third kappa shape index (κ3) is 5.17. The fraction of sp³-hybridized carbons (Fsp3) is 0.571. The Morgan fingerprint density at radius 3 is 2.32 bits per heavy atom. The van der Waals surface area contributed by atoms with E-state index in [4.69, 9.17) is 0 Å². The zero-order valence-corrected chi connectivity index (χ0v) is 16.6. The van der Waals surface area contributed by atoms with Crippen LogP contribution < -0.4 is 15.1 Å². The highest BCUT2D eigenvalue weighted by molar-refractivity contribution is 5.39. The van der Waals surface area contributed by atoms with Crippen LogP contribution in [-0.2, 0) is 6.42 Å². The van der Waals surface area contributed by atoms with Crippen LogP contribution in [0.4, 0.5) is 11.8 Å². The summed E-state index contributed by atoms with van der Waals surface area (Å²) in [6, 6.07) is 6.31. The SMILES string of the molecule is c1cnc(N2CCN(CCCCc3ccc(N4CCNCC4)nc3)CC2)nc1. The molecule has 2 aliphatic rings. The molecule has 28 heavy (non-hydrogen) atoms. The molecule has 2 aromatic heterocycles. The second kappa shape index (κ2) is 9.80. The lowest BCUT2D eigenvalue weighted by Crippen LogP contribution is -2.47. The Hall–Kier alpha value is -2.25. The first kappa shape index (κ1) is 19.1. The largest absolute Gasteiger partial charge is 0.354 e. The van der Waals surface area contributed by atoms with Crippen molar-refractivity contribution in [1.82, 2.24) is 25.2 Å². The third-order valence-corrected chi connectivity index (χ3v) is 5.65. The summed E-state index contributed by atoms with van der Waals surface area (Å²) in [5.74, 6) is 1.98. The maximum atomic E-state index is 4.68. The lowest BCUT2D eigenvalue weighted by atomic mass is 10.1. The zero-order chi connectivity index (χ0) is 19.0. The van der Waals surface area contributed by atoms with Crippen LogP contribution in [0.1, 0.15) is 18.4 Å². The molecule has 0 spiro atoms. The maximum Gasteiger partial charge on any atom is 0.225 e. The van der Waals surface area contributed by atoms with Crippen molar-refractivity contribution in [3.8, 4) is 0 Å². The van der Waals surface area contributed by atoms with Crippen LogP contribution in [-0.4, -0.2) is 78.8 Å². The van der Waals surface area contributed by atoms with Gasteiger partial charge in [0.2, 0.25) is 5.95 Å². The Kier molecular flexibility index (Phi) is 6.68. The molecule has 0 saturated carbocycles. The van der Waals surface area contributed by atoms with Crippen LogP contribution in [0.25, 0.3) is 0 Å². The fourth-order valence-corrected chi connectivity index (χ4v) is 3.94. The standard InChI is InChI=1S/C21H31N7/c1(4-19-5-6-20(25-18-19)27-12-9-22-10-13-27)2-11-26-14-16-28(17-15-26)21-23-7-3-8-24-21/h3,5-8,18,22H,1-2,4,9-17H2. The molecule has 0 radical (unpaired) electrons. The number of aryl methyl sites for hydroxylation is 1. The van der Waals surface area contributed by atoms with Crippen LogP contribution in [0.3, 0.4) is 0 Å². The highest BCUT2D eigenvalue weighted by Gasteiger charge is 2.18. The molecule has 7 heteroatoms. The number of unbranched alkanes of at least 4 members (excludes halogenated alkanes) is 1. The minimum atomic E-state index is 0.860. The summed E-state index contributed by atoms with van der Waals surface area (Å²) in [6.07, 6.45) is 9.28. The topological polar surface area (TPSA) is 60.4 Å². The second-order valence-electron chi connectivity index (χ2n) is 7.60. The van der Waals surface area contributed by atoms with Gasteiger partial charge in [0.25, 0.3) is 0 Å². The summed E-state index contributed by atoms with van der Waals surface area (Å²) in [5.41, 5.74) is 1.35. The van der Waals surface area contributed by atoms with E-state index in [1.165, 1.54) is 24.9 Å².